The summed E-state index contributed by atoms with van der Waals surface area (Å²) in [7, 11) is 0. The normalized spacial score (nSPS) is 13.9. The van der Waals surface area contributed by atoms with E-state index >= 15 is 0 Å². The molecule has 7 rings (SSSR count). The Morgan fingerprint density at radius 1 is 0.675 bits per heavy atom. The van der Waals surface area contributed by atoms with E-state index in [2.05, 4.69) is 143 Å². The third-order valence-electron chi connectivity index (χ3n) is 8.92. The summed E-state index contributed by atoms with van der Waals surface area (Å²) < 4.78 is 2.43. The molecule has 2 heteroatoms. The first-order valence-corrected chi connectivity index (χ1v) is 14.6. The lowest BCUT2D eigenvalue weighted by atomic mass is 9.80. The first-order valence-electron chi connectivity index (χ1n) is 14.6. The smallest absolute Gasteiger partial charge is 0.145 e. The average molecular weight is 521 g/mol. The Bertz CT molecular complexity index is 1910. The molecule has 0 N–H and O–H groups in total. The van der Waals surface area contributed by atoms with Gasteiger partial charge in [0.1, 0.15) is 5.82 Å². The standard InChI is InChI=1S/C38H36N2/c1-23(2)27-14-11-15-28(24(3)4)36(27)40-34-17-10-9-16-33(34)39-37(40)26-19-21-32-31(22-26)30-20-18-25-12-7-8-13-29(25)35(30)38(32,5)6/h7-24H,1-6H3. The molecule has 1 aromatic heterocycles. The maximum atomic E-state index is 5.29. The van der Waals surface area contributed by atoms with Gasteiger partial charge < -0.3 is 0 Å². The Morgan fingerprint density at radius 2 is 1.38 bits per heavy atom. The van der Waals surface area contributed by atoms with Crippen LogP contribution in [-0.4, -0.2) is 9.55 Å². The largest absolute Gasteiger partial charge is 0.292 e. The van der Waals surface area contributed by atoms with Gasteiger partial charge in [-0.3, -0.25) is 4.57 Å². The van der Waals surface area contributed by atoms with Crippen molar-refractivity contribution in [1.29, 1.82) is 0 Å². The molecule has 198 valence electrons. The van der Waals surface area contributed by atoms with Crippen LogP contribution in [0.3, 0.4) is 0 Å². The monoisotopic (exact) mass is 520 g/mol. The maximum Gasteiger partial charge on any atom is 0.145 e. The fourth-order valence-electron chi connectivity index (χ4n) is 6.97. The number of para-hydroxylation sites is 3. The van der Waals surface area contributed by atoms with Crippen LogP contribution in [-0.2, 0) is 5.41 Å². The van der Waals surface area contributed by atoms with Crippen LogP contribution in [0.5, 0.6) is 0 Å². The van der Waals surface area contributed by atoms with E-state index in [9.17, 15) is 0 Å². The fraction of sp³-hybridized carbons (Fsp3) is 0.237. The molecule has 0 saturated heterocycles. The van der Waals surface area contributed by atoms with Crippen LogP contribution >= 0.6 is 0 Å². The van der Waals surface area contributed by atoms with Crippen molar-refractivity contribution in [3.05, 3.63) is 119 Å². The van der Waals surface area contributed by atoms with E-state index in [1.165, 1.54) is 49.8 Å². The second-order valence-electron chi connectivity index (χ2n) is 12.4. The molecule has 0 amide bonds. The van der Waals surface area contributed by atoms with Gasteiger partial charge in [0.25, 0.3) is 0 Å². The molecule has 1 aliphatic rings. The van der Waals surface area contributed by atoms with Crippen molar-refractivity contribution in [1.82, 2.24) is 9.55 Å². The molecule has 0 fully saturated rings. The van der Waals surface area contributed by atoms with Crippen LogP contribution in [0.15, 0.2) is 97.1 Å². The Balaban J connectivity index is 1.53. The fourth-order valence-corrected chi connectivity index (χ4v) is 6.97. The summed E-state index contributed by atoms with van der Waals surface area (Å²) in [5.74, 6) is 1.79. The van der Waals surface area contributed by atoms with Gasteiger partial charge in [-0.1, -0.05) is 120 Å². The second-order valence-corrected chi connectivity index (χ2v) is 12.4. The molecule has 6 aromatic rings. The molecule has 0 bridgehead atoms. The van der Waals surface area contributed by atoms with Gasteiger partial charge in [-0.2, -0.15) is 0 Å². The van der Waals surface area contributed by atoms with E-state index in [1.54, 1.807) is 0 Å². The Hall–Kier alpha value is -4.17. The summed E-state index contributed by atoms with van der Waals surface area (Å²) in [5, 5.41) is 2.65. The van der Waals surface area contributed by atoms with E-state index < -0.39 is 0 Å². The third kappa shape index (κ3) is 3.52. The second kappa shape index (κ2) is 8.93. The van der Waals surface area contributed by atoms with Gasteiger partial charge in [-0.05, 0) is 74.2 Å². The predicted octanol–water partition coefficient (Wildman–Crippen LogP) is 10.4. The topological polar surface area (TPSA) is 17.8 Å². The number of nitrogens with zero attached hydrogens (tertiary/aromatic N) is 2. The summed E-state index contributed by atoms with van der Waals surface area (Å²) in [6.07, 6.45) is 0. The Kier molecular flexibility index (Phi) is 5.54. The molecule has 2 nitrogen and oxygen atoms in total. The number of aromatic nitrogens is 2. The summed E-state index contributed by atoms with van der Waals surface area (Å²) in [5.41, 5.74) is 12.7. The summed E-state index contributed by atoms with van der Waals surface area (Å²) in [6, 6.07) is 35.8. The zero-order valence-corrected chi connectivity index (χ0v) is 24.3. The molecule has 0 unspecified atom stereocenters. The maximum absolute atomic E-state index is 5.29. The molecule has 0 spiro atoms. The Labute approximate surface area is 237 Å². The van der Waals surface area contributed by atoms with Gasteiger partial charge >= 0.3 is 0 Å². The molecule has 0 radical (unpaired) electrons. The van der Waals surface area contributed by atoms with Crippen LogP contribution < -0.4 is 0 Å². The minimum Gasteiger partial charge on any atom is -0.292 e. The van der Waals surface area contributed by atoms with Crippen molar-refractivity contribution >= 4 is 21.8 Å². The number of imidazole rings is 1. The van der Waals surface area contributed by atoms with E-state index in [4.69, 9.17) is 4.98 Å². The van der Waals surface area contributed by atoms with E-state index in [1.807, 2.05) is 0 Å². The van der Waals surface area contributed by atoms with E-state index in [0.717, 1.165) is 22.4 Å². The third-order valence-corrected chi connectivity index (χ3v) is 8.92. The summed E-state index contributed by atoms with van der Waals surface area (Å²) >= 11 is 0. The van der Waals surface area contributed by atoms with Gasteiger partial charge in [0, 0.05) is 11.0 Å². The van der Waals surface area contributed by atoms with Crippen molar-refractivity contribution in [3.63, 3.8) is 0 Å². The van der Waals surface area contributed by atoms with Crippen LogP contribution in [0.25, 0.3) is 50.0 Å². The van der Waals surface area contributed by atoms with Crippen molar-refractivity contribution in [2.45, 2.75) is 58.8 Å². The van der Waals surface area contributed by atoms with Crippen LogP contribution in [0, 0.1) is 0 Å². The SMILES string of the molecule is CC(C)c1cccc(C(C)C)c1-n1c(-c2ccc3c(c2)-c2ccc4ccccc4c2C3(C)C)nc2ccccc21. The van der Waals surface area contributed by atoms with Gasteiger partial charge in [0.05, 0.1) is 16.7 Å². The van der Waals surface area contributed by atoms with Crippen molar-refractivity contribution in [2.24, 2.45) is 0 Å². The molecule has 5 aromatic carbocycles. The van der Waals surface area contributed by atoms with Gasteiger partial charge in [-0.25, -0.2) is 4.98 Å². The summed E-state index contributed by atoms with van der Waals surface area (Å²) in [6.45, 7) is 13.9. The van der Waals surface area contributed by atoms with Gasteiger partial charge in [0.2, 0.25) is 0 Å². The van der Waals surface area contributed by atoms with Crippen LogP contribution in [0.4, 0.5) is 0 Å². The highest BCUT2D eigenvalue weighted by atomic mass is 15.1. The zero-order chi connectivity index (χ0) is 27.8. The molecular formula is C38H36N2. The minimum atomic E-state index is -0.0702. The molecular weight excluding hydrogens is 484 g/mol. The molecule has 0 saturated carbocycles. The lowest BCUT2D eigenvalue weighted by molar-refractivity contribution is 0.666. The number of hydrogen-bond donors (Lipinski definition) is 0. The quantitative estimate of drug-likeness (QED) is 0.226. The first-order chi connectivity index (χ1) is 19.3. The number of rotatable bonds is 4. The lowest BCUT2D eigenvalue weighted by Crippen LogP contribution is -2.15. The highest BCUT2D eigenvalue weighted by Gasteiger charge is 2.37. The average Bonchev–Trinajstić information content (AvgIpc) is 3.45. The Morgan fingerprint density at radius 3 is 2.12 bits per heavy atom. The molecule has 1 aliphatic carbocycles. The van der Waals surface area contributed by atoms with E-state index in [-0.39, 0.29) is 5.41 Å². The number of benzene rings is 5. The molecule has 1 heterocycles. The molecule has 0 aliphatic heterocycles. The zero-order valence-electron chi connectivity index (χ0n) is 24.3. The van der Waals surface area contributed by atoms with Gasteiger partial charge in [-0.15, -0.1) is 0 Å². The number of hydrogen-bond acceptors (Lipinski definition) is 1. The first kappa shape index (κ1) is 24.8. The van der Waals surface area contributed by atoms with Crippen LogP contribution in [0.2, 0.25) is 0 Å². The minimum absolute atomic E-state index is 0.0702. The summed E-state index contributed by atoms with van der Waals surface area (Å²) in [4.78, 5) is 5.29. The van der Waals surface area contributed by atoms with Gasteiger partial charge in [0.15, 0.2) is 0 Å². The van der Waals surface area contributed by atoms with Crippen LogP contribution in [0.1, 0.15) is 75.6 Å². The van der Waals surface area contributed by atoms with E-state index in [0.29, 0.717) is 11.8 Å². The van der Waals surface area contributed by atoms with Crippen molar-refractivity contribution < 1.29 is 0 Å². The predicted molar refractivity (Wildman–Crippen MR) is 170 cm³/mol. The molecule has 40 heavy (non-hydrogen) atoms. The highest BCUT2D eigenvalue weighted by molar-refractivity contribution is 5.98. The highest BCUT2D eigenvalue weighted by Crippen LogP contribution is 2.52. The number of fused-ring (bicyclic) bond motifs is 6. The molecule has 0 atom stereocenters. The lowest BCUT2D eigenvalue weighted by Gasteiger charge is -2.24. The van der Waals surface area contributed by atoms with Crippen molar-refractivity contribution in [2.75, 3.05) is 0 Å². The van der Waals surface area contributed by atoms with Crippen molar-refractivity contribution in [3.8, 4) is 28.2 Å².